The lowest BCUT2D eigenvalue weighted by Crippen LogP contribution is -2.30. The van der Waals surface area contributed by atoms with Gasteiger partial charge in [0.15, 0.2) is 0 Å². The average molecular weight is 433 g/mol. The third-order valence-corrected chi connectivity index (χ3v) is 7.10. The van der Waals surface area contributed by atoms with Gasteiger partial charge in [-0.1, -0.05) is 0 Å². The fraction of sp³-hybridized carbons (Fsp3) is 0.375. The molecule has 32 heavy (non-hydrogen) atoms. The number of benzene rings is 1. The highest BCUT2D eigenvalue weighted by molar-refractivity contribution is 5.88. The fourth-order valence-electron chi connectivity index (χ4n) is 5.58. The number of fused-ring (bicyclic) bond motifs is 4. The molecule has 0 amide bonds. The second-order valence-electron chi connectivity index (χ2n) is 8.92. The Morgan fingerprint density at radius 2 is 2.12 bits per heavy atom. The van der Waals surface area contributed by atoms with Crippen molar-refractivity contribution >= 4 is 11.5 Å². The minimum Gasteiger partial charge on any atom is -0.423 e. The second kappa shape index (κ2) is 7.41. The first-order valence-electron chi connectivity index (χ1n) is 11.1. The van der Waals surface area contributed by atoms with E-state index in [0.717, 1.165) is 59.8 Å². The SMILES string of the molecule is CNc1cc(F)cc2c1Cc1nc(Oc3cccnc3)nc(N3CC4CCC(N)C4C3)c1-2. The summed E-state index contributed by atoms with van der Waals surface area (Å²) >= 11 is 0. The molecule has 7 nitrogen and oxygen atoms in total. The van der Waals surface area contributed by atoms with E-state index < -0.39 is 0 Å². The Morgan fingerprint density at radius 3 is 2.91 bits per heavy atom. The highest BCUT2D eigenvalue weighted by Crippen LogP contribution is 2.48. The number of nitrogens with zero attached hydrogens (tertiary/aromatic N) is 4. The molecule has 2 aliphatic carbocycles. The van der Waals surface area contributed by atoms with E-state index >= 15 is 0 Å². The van der Waals surface area contributed by atoms with Gasteiger partial charge in [0.2, 0.25) is 0 Å². The molecule has 164 valence electrons. The summed E-state index contributed by atoms with van der Waals surface area (Å²) in [6.07, 6.45) is 6.15. The number of ether oxygens (including phenoxy) is 1. The predicted octanol–water partition coefficient (Wildman–Crippen LogP) is 3.59. The second-order valence-corrected chi connectivity index (χ2v) is 8.92. The number of pyridine rings is 1. The minimum atomic E-state index is -0.275. The summed E-state index contributed by atoms with van der Waals surface area (Å²) in [5, 5.41) is 3.13. The maximum atomic E-state index is 14.5. The smallest absolute Gasteiger partial charge is 0.324 e. The first-order chi connectivity index (χ1) is 15.6. The van der Waals surface area contributed by atoms with E-state index in [0.29, 0.717) is 24.0 Å². The summed E-state index contributed by atoms with van der Waals surface area (Å²) in [7, 11) is 1.81. The first kappa shape index (κ1) is 19.4. The van der Waals surface area contributed by atoms with Crippen molar-refractivity contribution in [3.63, 3.8) is 0 Å². The first-order valence-corrected chi connectivity index (χ1v) is 11.1. The number of halogens is 1. The summed E-state index contributed by atoms with van der Waals surface area (Å²) in [5.74, 6) is 2.14. The standard InChI is InChI=1S/C24H25FN6O/c1-27-20-8-14(25)7-17-16(20)9-21-22(17)23(31-11-13-4-5-19(26)18(13)12-31)30-24(29-21)32-15-3-2-6-28-10-15/h2-3,6-8,10,13,18-19,27H,4-5,9,11-12,26H2,1H3. The highest BCUT2D eigenvalue weighted by atomic mass is 19.1. The van der Waals surface area contributed by atoms with E-state index in [4.69, 9.17) is 20.4 Å². The van der Waals surface area contributed by atoms with Crippen molar-refractivity contribution in [3.8, 4) is 22.9 Å². The highest BCUT2D eigenvalue weighted by Gasteiger charge is 2.43. The lowest BCUT2D eigenvalue weighted by Gasteiger charge is -2.23. The van der Waals surface area contributed by atoms with Crippen LogP contribution in [0.25, 0.3) is 11.1 Å². The molecular formula is C24H25FN6O. The number of nitrogens with one attached hydrogen (secondary N) is 1. The van der Waals surface area contributed by atoms with Crippen LogP contribution in [0.2, 0.25) is 0 Å². The van der Waals surface area contributed by atoms with Crippen molar-refractivity contribution in [1.29, 1.82) is 0 Å². The van der Waals surface area contributed by atoms with Gasteiger partial charge in [-0.15, -0.1) is 0 Å². The molecule has 3 N–H and O–H groups in total. The van der Waals surface area contributed by atoms with Crippen LogP contribution in [-0.4, -0.2) is 41.1 Å². The molecule has 0 bridgehead atoms. The summed E-state index contributed by atoms with van der Waals surface area (Å²) in [6, 6.07) is 7.28. The van der Waals surface area contributed by atoms with Gasteiger partial charge in [-0.05, 0) is 60.1 Å². The maximum absolute atomic E-state index is 14.5. The topological polar surface area (TPSA) is 89.2 Å². The number of hydrogen-bond acceptors (Lipinski definition) is 7. The van der Waals surface area contributed by atoms with Gasteiger partial charge in [0.1, 0.15) is 17.4 Å². The van der Waals surface area contributed by atoms with Crippen molar-refractivity contribution in [2.45, 2.75) is 25.3 Å². The van der Waals surface area contributed by atoms with Gasteiger partial charge in [-0.25, -0.2) is 4.39 Å². The van der Waals surface area contributed by atoms with Crippen molar-refractivity contribution in [2.75, 3.05) is 30.4 Å². The molecule has 3 unspecified atom stereocenters. The van der Waals surface area contributed by atoms with Gasteiger partial charge in [-0.3, -0.25) is 4.98 Å². The molecule has 3 aliphatic rings. The zero-order valence-corrected chi connectivity index (χ0v) is 17.9. The monoisotopic (exact) mass is 432 g/mol. The molecule has 2 aromatic heterocycles. The molecule has 1 aromatic carbocycles. The van der Waals surface area contributed by atoms with Crippen molar-refractivity contribution in [2.24, 2.45) is 17.6 Å². The quantitative estimate of drug-likeness (QED) is 0.509. The molecule has 0 spiro atoms. The molecule has 2 fully saturated rings. The summed E-state index contributed by atoms with van der Waals surface area (Å²) in [5.41, 5.74) is 10.8. The predicted molar refractivity (Wildman–Crippen MR) is 120 cm³/mol. The number of aromatic nitrogens is 3. The van der Waals surface area contributed by atoms with Crippen molar-refractivity contribution < 1.29 is 9.13 Å². The molecule has 3 aromatic rings. The Balaban J connectivity index is 1.47. The van der Waals surface area contributed by atoms with Gasteiger partial charge in [0, 0.05) is 50.0 Å². The Morgan fingerprint density at radius 1 is 1.22 bits per heavy atom. The van der Waals surface area contributed by atoms with Crippen LogP contribution in [0.5, 0.6) is 11.8 Å². The molecule has 6 rings (SSSR count). The van der Waals surface area contributed by atoms with Crippen LogP contribution >= 0.6 is 0 Å². The number of rotatable bonds is 4. The molecule has 3 atom stereocenters. The van der Waals surface area contributed by atoms with Crippen LogP contribution in [-0.2, 0) is 6.42 Å². The van der Waals surface area contributed by atoms with E-state index in [1.165, 1.54) is 6.07 Å². The Bertz CT molecular complexity index is 1190. The van der Waals surface area contributed by atoms with E-state index in [9.17, 15) is 4.39 Å². The number of nitrogens with two attached hydrogens (primary N) is 1. The zero-order chi connectivity index (χ0) is 21.8. The molecular weight excluding hydrogens is 407 g/mol. The van der Waals surface area contributed by atoms with Crippen LogP contribution in [0.1, 0.15) is 24.1 Å². The van der Waals surface area contributed by atoms with Crippen molar-refractivity contribution in [1.82, 2.24) is 15.0 Å². The third-order valence-electron chi connectivity index (χ3n) is 7.10. The van der Waals surface area contributed by atoms with E-state index in [2.05, 4.69) is 15.2 Å². The summed E-state index contributed by atoms with van der Waals surface area (Å²) in [6.45, 7) is 1.75. The summed E-state index contributed by atoms with van der Waals surface area (Å²) in [4.78, 5) is 16.0. The number of hydrogen-bond donors (Lipinski definition) is 2. The zero-order valence-electron chi connectivity index (χ0n) is 17.9. The molecule has 1 saturated carbocycles. The maximum Gasteiger partial charge on any atom is 0.324 e. The molecule has 3 heterocycles. The van der Waals surface area contributed by atoms with E-state index in [-0.39, 0.29) is 17.9 Å². The third kappa shape index (κ3) is 3.09. The number of anilines is 2. The van der Waals surface area contributed by atoms with E-state index in [1.807, 2.05) is 19.2 Å². The Hall–Kier alpha value is -3.26. The lowest BCUT2D eigenvalue weighted by atomic mass is 9.98. The van der Waals surface area contributed by atoms with Crippen LogP contribution in [0.3, 0.4) is 0 Å². The lowest BCUT2D eigenvalue weighted by molar-refractivity contribution is 0.438. The largest absolute Gasteiger partial charge is 0.423 e. The summed E-state index contributed by atoms with van der Waals surface area (Å²) < 4.78 is 20.4. The molecule has 0 radical (unpaired) electrons. The van der Waals surface area contributed by atoms with E-state index in [1.54, 1.807) is 18.5 Å². The van der Waals surface area contributed by atoms with Gasteiger partial charge >= 0.3 is 6.01 Å². The Kier molecular flexibility index (Phi) is 4.50. The molecule has 1 aliphatic heterocycles. The Labute approximate surface area is 185 Å². The molecule has 1 saturated heterocycles. The average Bonchev–Trinajstić information content (AvgIpc) is 3.47. The van der Waals surface area contributed by atoms with Crippen LogP contribution in [0, 0.1) is 17.7 Å². The van der Waals surface area contributed by atoms with Crippen molar-refractivity contribution in [3.05, 3.63) is 53.7 Å². The van der Waals surface area contributed by atoms with Crippen LogP contribution in [0.15, 0.2) is 36.7 Å². The van der Waals surface area contributed by atoms with Gasteiger partial charge in [0.05, 0.1) is 11.9 Å². The van der Waals surface area contributed by atoms with Gasteiger partial charge in [0.25, 0.3) is 0 Å². The normalized spacial score (nSPS) is 23.1. The van der Waals surface area contributed by atoms with Gasteiger partial charge in [-0.2, -0.15) is 9.97 Å². The van der Waals surface area contributed by atoms with Crippen LogP contribution < -0.4 is 20.7 Å². The molecule has 8 heteroatoms. The van der Waals surface area contributed by atoms with Crippen LogP contribution in [0.4, 0.5) is 15.9 Å². The fourth-order valence-corrected chi connectivity index (χ4v) is 5.58. The minimum absolute atomic E-state index is 0.228. The van der Waals surface area contributed by atoms with Gasteiger partial charge < -0.3 is 20.7 Å².